The lowest BCUT2D eigenvalue weighted by Crippen LogP contribution is -2.44. The van der Waals surface area contributed by atoms with Crippen molar-refractivity contribution >= 4 is 34.8 Å². The van der Waals surface area contributed by atoms with Crippen molar-refractivity contribution in [2.24, 2.45) is 13.0 Å². The third-order valence-corrected chi connectivity index (χ3v) is 5.55. The number of rotatable bonds is 4. The third-order valence-electron chi connectivity index (χ3n) is 4.32. The largest absolute Gasteiger partial charge is 0.351 e. The van der Waals surface area contributed by atoms with Crippen LogP contribution < -0.4 is 5.32 Å². The van der Waals surface area contributed by atoms with E-state index >= 15 is 0 Å². The van der Waals surface area contributed by atoms with Crippen molar-refractivity contribution in [3.63, 3.8) is 0 Å². The minimum Gasteiger partial charge on any atom is -0.351 e. The summed E-state index contributed by atoms with van der Waals surface area (Å²) in [6.45, 7) is 2.02. The second-order valence-electron chi connectivity index (χ2n) is 6.08. The van der Waals surface area contributed by atoms with E-state index in [-0.39, 0.29) is 17.7 Å². The Morgan fingerprint density at radius 2 is 2.21 bits per heavy atom. The quantitative estimate of drug-likeness (QED) is 0.905. The molecule has 0 spiro atoms. The summed E-state index contributed by atoms with van der Waals surface area (Å²) < 4.78 is 2.45. The Morgan fingerprint density at radius 1 is 1.38 bits per heavy atom. The fraction of sp³-hybridized carbons (Fsp3) is 0.412. The fourth-order valence-electron chi connectivity index (χ4n) is 3.02. The first-order valence-electron chi connectivity index (χ1n) is 7.98. The van der Waals surface area contributed by atoms with Crippen LogP contribution in [-0.2, 0) is 7.05 Å². The van der Waals surface area contributed by atoms with Gasteiger partial charge in [0.25, 0.3) is 11.8 Å². The van der Waals surface area contributed by atoms with Crippen LogP contribution in [0.4, 0.5) is 0 Å². The van der Waals surface area contributed by atoms with Gasteiger partial charge in [-0.05, 0) is 43.0 Å². The Kier molecular flexibility index (Phi) is 5.26. The second kappa shape index (κ2) is 7.40. The van der Waals surface area contributed by atoms with Crippen LogP contribution in [0.2, 0.25) is 4.34 Å². The number of piperidine rings is 1. The number of carbonyl (C=O) groups is 2. The average Bonchev–Trinajstić information content (AvgIpc) is 3.20. The molecule has 2 amide bonds. The van der Waals surface area contributed by atoms with Gasteiger partial charge >= 0.3 is 0 Å². The van der Waals surface area contributed by atoms with Gasteiger partial charge in [-0.1, -0.05) is 11.6 Å². The van der Waals surface area contributed by atoms with E-state index < -0.39 is 0 Å². The molecule has 3 rings (SSSR count). The Balaban J connectivity index is 1.55. The van der Waals surface area contributed by atoms with Crippen molar-refractivity contribution in [2.75, 3.05) is 19.6 Å². The number of hydrogen-bond acceptors (Lipinski definition) is 3. The van der Waals surface area contributed by atoms with Crippen molar-refractivity contribution in [3.8, 4) is 0 Å². The molecule has 24 heavy (non-hydrogen) atoms. The van der Waals surface area contributed by atoms with E-state index in [9.17, 15) is 9.59 Å². The van der Waals surface area contributed by atoms with Crippen LogP contribution in [-0.4, -0.2) is 40.9 Å². The molecule has 0 aromatic carbocycles. The molecular weight excluding hydrogens is 346 g/mol. The number of amides is 2. The van der Waals surface area contributed by atoms with Gasteiger partial charge in [0.1, 0.15) is 5.69 Å². The predicted octanol–water partition coefficient (Wildman–Crippen LogP) is 3.02. The van der Waals surface area contributed by atoms with Crippen molar-refractivity contribution in [3.05, 3.63) is 45.4 Å². The van der Waals surface area contributed by atoms with Gasteiger partial charge in [0.05, 0.1) is 9.21 Å². The van der Waals surface area contributed by atoms with Crippen LogP contribution in [0.1, 0.15) is 33.0 Å². The minimum atomic E-state index is -0.0993. The highest BCUT2D eigenvalue weighted by molar-refractivity contribution is 7.17. The van der Waals surface area contributed by atoms with Gasteiger partial charge < -0.3 is 14.8 Å². The summed E-state index contributed by atoms with van der Waals surface area (Å²) in [6, 6.07) is 7.17. The number of nitrogens with one attached hydrogen (secondary N) is 1. The normalized spacial score (nSPS) is 17.8. The zero-order valence-corrected chi connectivity index (χ0v) is 15.1. The molecule has 1 atom stereocenters. The lowest BCUT2D eigenvalue weighted by atomic mass is 9.97. The molecule has 0 radical (unpaired) electrons. The molecule has 1 N–H and O–H groups in total. The van der Waals surface area contributed by atoms with Crippen LogP contribution in [0.5, 0.6) is 0 Å². The first kappa shape index (κ1) is 17.0. The molecule has 1 fully saturated rings. The highest BCUT2D eigenvalue weighted by Gasteiger charge is 2.26. The highest BCUT2D eigenvalue weighted by atomic mass is 35.5. The number of hydrogen-bond donors (Lipinski definition) is 1. The molecule has 2 aromatic heterocycles. The fourth-order valence-corrected chi connectivity index (χ4v) is 3.98. The molecule has 0 saturated carbocycles. The van der Waals surface area contributed by atoms with Crippen LogP contribution in [0.15, 0.2) is 30.5 Å². The Bertz CT molecular complexity index is 740. The molecule has 1 aliphatic heterocycles. The van der Waals surface area contributed by atoms with Crippen LogP contribution in [0.3, 0.4) is 0 Å². The van der Waals surface area contributed by atoms with Gasteiger partial charge in [-0.15, -0.1) is 11.3 Å². The SMILES string of the molecule is Cn1cccc1C(=O)N1CCCC(CNC(=O)c2ccc(Cl)s2)C1. The first-order chi connectivity index (χ1) is 11.5. The monoisotopic (exact) mass is 365 g/mol. The molecule has 0 aliphatic carbocycles. The molecule has 3 heterocycles. The number of carbonyl (C=O) groups excluding carboxylic acids is 2. The first-order valence-corrected chi connectivity index (χ1v) is 9.18. The number of thiophene rings is 1. The molecule has 1 aliphatic rings. The number of aromatic nitrogens is 1. The van der Waals surface area contributed by atoms with Crippen molar-refractivity contribution in [2.45, 2.75) is 12.8 Å². The van der Waals surface area contributed by atoms with Gasteiger partial charge in [0.2, 0.25) is 0 Å². The van der Waals surface area contributed by atoms with Gasteiger partial charge in [-0.2, -0.15) is 0 Å². The summed E-state index contributed by atoms with van der Waals surface area (Å²) in [4.78, 5) is 27.2. The smallest absolute Gasteiger partial charge is 0.270 e. The Hall–Kier alpha value is -1.79. The predicted molar refractivity (Wildman–Crippen MR) is 95.7 cm³/mol. The van der Waals surface area contributed by atoms with E-state index in [1.807, 2.05) is 34.8 Å². The number of halogens is 1. The standard InChI is InChI=1S/C17H20ClN3O2S/c1-20-8-3-5-13(20)17(23)21-9-2-4-12(11-21)10-19-16(22)14-6-7-15(18)24-14/h3,5-8,12H,2,4,9-11H2,1H3,(H,19,22). The maximum absolute atomic E-state index is 12.6. The van der Waals surface area contributed by atoms with E-state index in [1.165, 1.54) is 11.3 Å². The molecular formula is C17H20ClN3O2S. The topological polar surface area (TPSA) is 54.3 Å². The lowest BCUT2D eigenvalue weighted by molar-refractivity contribution is 0.0661. The maximum atomic E-state index is 12.6. The molecule has 1 saturated heterocycles. The van der Waals surface area contributed by atoms with Gasteiger partial charge in [-0.25, -0.2) is 0 Å². The summed E-state index contributed by atoms with van der Waals surface area (Å²) in [5.74, 6) is 0.240. The van der Waals surface area contributed by atoms with Crippen LogP contribution in [0, 0.1) is 5.92 Å². The van der Waals surface area contributed by atoms with Crippen molar-refractivity contribution < 1.29 is 9.59 Å². The van der Waals surface area contributed by atoms with Crippen LogP contribution in [0.25, 0.3) is 0 Å². The van der Waals surface area contributed by atoms with E-state index in [0.29, 0.717) is 28.0 Å². The summed E-state index contributed by atoms with van der Waals surface area (Å²) in [7, 11) is 1.88. The molecule has 1 unspecified atom stereocenters. The van der Waals surface area contributed by atoms with Gasteiger partial charge in [-0.3, -0.25) is 9.59 Å². The second-order valence-corrected chi connectivity index (χ2v) is 7.79. The van der Waals surface area contributed by atoms with E-state index in [1.54, 1.807) is 12.1 Å². The lowest BCUT2D eigenvalue weighted by Gasteiger charge is -2.33. The number of aryl methyl sites for hydroxylation is 1. The highest BCUT2D eigenvalue weighted by Crippen LogP contribution is 2.22. The third kappa shape index (κ3) is 3.82. The van der Waals surface area contributed by atoms with E-state index in [4.69, 9.17) is 11.6 Å². The summed E-state index contributed by atoms with van der Waals surface area (Å²) in [6.07, 6.45) is 3.85. The number of nitrogens with zero attached hydrogens (tertiary/aromatic N) is 2. The van der Waals surface area contributed by atoms with Gasteiger partial charge in [0, 0.05) is 32.9 Å². The molecule has 5 nitrogen and oxygen atoms in total. The summed E-state index contributed by atoms with van der Waals surface area (Å²) in [5.41, 5.74) is 0.702. The zero-order valence-electron chi connectivity index (χ0n) is 13.5. The summed E-state index contributed by atoms with van der Waals surface area (Å²) in [5, 5.41) is 2.96. The Labute approximate surface area is 150 Å². The zero-order chi connectivity index (χ0) is 17.1. The number of likely N-dealkylation sites (tertiary alicyclic amines) is 1. The van der Waals surface area contributed by atoms with Crippen LogP contribution >= 0.6 is 22.9 Å². The average molecular weight is 366 g/mol. The van der Waals surface area contributed by atoms with Crippen molar-refractivity contribution in [1.82, 2.24) is 14.8 Å². The van der Waals surface area contributed by atoms with E-state index in [2.05, 4.69) is 5.32 Å². The van der Waals surface area contributed by atoms with Gasteiger partial charge in [0.15, 0.2) is 0 Å². The van der Waals surface area contributed by atoms with Crippen molar-refractivity contribution in [1.29, 1.82) is 0 Å². The minimum absolute atomic E-state index is 0.0589. The molecule has 7 heteroatoms. The summed E-state index contributed by atoms with van der Waals surface area (Å²) >= 11 is 7.14. The molecule has 0 bridgehead atoms. The molecule has 128 valence electrons. The maximum Gasteiger partial charge on any atom is 0.270 e. The Morgan fingerprint density at radius 3 is 2.88 bits per heavy atom. The van der Waals surface area contributed by atoms with E-state index in [0.717, 1.165) is 19.4 Å². The molecule has 2 aromatic rings.